The van der Waals surface area contributed by atoms with E-state index in [2.05, 4.69) is 10.1 Å². The molecule has 0 radical (unpaired) electrons. The quantitative estimate of drug-likeness (QED) is 0.513. The predicted molar refractivity (Wildman–Crippen MR) is 58.5 cm³/mol. The zero-order valence-electron chi connectivity index (χ0n) is 8.68. The van der Waals surface area contributed by atoms with E-state index in [4.69, 9.17) is 5.21 Å². The molecular weight excluding hydrogens is 293 g/mol. The highest BCUT2D eigenvalue weighted by Crippen LogP contribution is 2.21. The second kappa shape index (κ2) is 5.96. The van der Waals surface area contributed by atoms with E-state index in [1.807, 2.05) is 0 Å². The van der Waals surface area contributed by atoms with Crippen LogP contribution in [0.3, 0.4) is 0 Å². The topological polar surface area (TPSA) is 79.6 Å². The van der Waals surface area contributed by atoms with Gasteiger partial charge in [0, 0.05) is 12.6 Å². The van der Waals surface area contributed by atoms with Crippen molar-refractivity contribution in [2.45, 2.75) is 10.8 Å². The zero-order chi connectivity index (χ0) is 13.8. The predicted octanol–water partition coefficient (Wildman–Crippen LogP) is 2.19. The van der Waals surface area contributed by atoms with Gasteiger partial charge in [-0.05, 0) is 0 Å². The Morgan fingerprint density at radius 3 is 2.72 bits per heavy atom. The molecule has 1 aromatic rings. The van der Waals surface area contributed by atoms with Gasteiger partial charge >= 0.3 is 6.08 Å². The smallest absolute Gasteiger partial charge is 0.301 e. The summed E-state index contributed by atoms with van der Waals surface area (Å²) in [5.74, 6) is -2.56. The van der Waals surface area contributed by atoms with Crippen molar-refractivity contribution in [2.75, 3.05) is 5.75 Å². The minimum Gasteiger partial charge on any atom is -0.411 e. The Hall–Kier alpha value is -1.42. The van der Waals surface area contributed by atoms with E-state index in [0.717, 1.165) is 12.4 Å². The number of hydrogen-bond donors (Lipinski definition) is 1. The van der Waals surface area contributed by atoms with Crippen LogP contribution >= 0.6 is 11.3 Å². The zero-order valence-corrected chi connectivity index (χ0v) is 10.3. The van der Waals surface area contributed by atoms with E-state index in [1.54, 1.807) is 0 Å². The standard InChI is InChI=1S/C8H7F3N2O3S2/c9-6(7(10)11)1-2-18(15,16)8-12-3-5(17-8)4-13-14/h3-4,14H,1-2H2. The molecule has 10 heteroatoms. The number of allylic oxidation sites excluding steroid dienone is 1. The number of hydrogen-bond acceptors (Lipinski definition) is 6. The first-order chi connectivity index (χ1) is 8.36. The molecule has 0 aliphatic heterocycles. The molecule has 1 aromatic heterocycles. The van der Waals surface area contributed by atoms with E-state index in [1.165, 1.54) is 0 Å². The van der Waals surface area contributed by atoms with Gasteiger partial charge < -0.3 is 5.21 Å². The molecule has 0 aliphatic carbocycles. The summed E-state index contributed by atoms with van der Waals surface area (Å²) in [5.41, 5.74) is 0. The monoisotopic (exact) mass is 300 g/mol. The molecule has 0 saturated carbocycles. The average molecular weight is 300 g/mol. The van der Waals surface area contributed by atoms with Crippen LogP contribution in [0.4, 0.5) is 13.2 Å². The fraction of sp³-hybridized carbons (Fsp3) is 0.250. The van der Waals surface area contributed by atoms with Crippen LogP contribution in [0.5, 0.6) is 0 Å². The lowest BCUT2D eigenvalue weighted by Gasteiger charge is -1.98. The molecule has 0 amide bonds. The third-order valence-electron chi connectivity index (χ3n) is 1.75. The molecule has 0 bridgehead atoms. The Bertz CT molecular complexity index is 576. The van der Waals surface area contributed by atoms with Gasteiger partial charge in [0.05, 0.1) is 16.8 Å². The lowest BCUT2D eigenvalue weighted by molar-refractivity contribution is 0.322. The van der Waals surface area contributed by atoms with Gasteiger partial charge in [-0.15, -0.1) is 11.3 Å². The van der Waals surface area contributed by atoms with Crippen LogP contribution in [-0.4, -0.2) is 30.6 Å². The van der Waals surface area contributed by atoms with Gasteiger partial charge in [0.2, 0.25) is 14.2 Å². The van der Waals surface area contributed by atoms with Crippen LogP contribution in [0, 0.1) is 0 Å². The number of halogens is 3. The number of rotatable bonds is 5. The van der Waals surface area contributed by atoms with E-state index >= 15 is 0 Å². The van der Waals surface area contributed by atoms with Gasteiger partial charge in [-0.3, -0.25) is 0 Å². The summed E-state index contributed by atoms with van der Waals surface area (Å²) >= 11 is 0.690. The number of oxime groups is 1. The van der Waals surface area contributed by atoms with Crippen molar-refractivity contribution in [3.05, 3.63) is 23.0 Å². The molecule has 0 aromatic carbocycles. The first-order valence-corrected chi connectivity index (χ1v) is 6.89. The van der Waals surface area contributed by atoms with Crippen LogP contribution in [0.2, 0.25) is 0 Å². The van der Waals surface area contributed by atoms with Gasteiger partial charge in [-0.25, -0.2) is 17.8 Å². The highest BCUT2D eigenvalue weighted by molar-refractivity contribution is 7.93. The van der Waals surface area contributed by atoms with Gasteiger partial charge in [-0.2, -0.15) is 8.78 Å². The molecule has 0 unspecified atom stereocenters. The molecule has 1 heterocycles. The molecule has 18 heavy (non-hydrogen) atoms. The van der Waals surface area contributed by atoms with Gasteiger partial charge in [0.15, 0.2) is 5.83 Å². The summed E-state index contributed by atoms with van der Waals surface area (Å²) in [6.07, 6.45) is -1.33. The molecule has 0 saturated heterocycles. The largest absolute Gasteiger partial charge is 0.411 e. The minimum atomic E-state index is -3.93. The molecule has 5 nitrogen and oxygen atoms in total. The van der Waals surface area contributed by atoms with E-state index in [-0.39, 0.29) is 9.22 Å². The second-order valence-electron chi connectivity index (χ2n) is 3.01. The maximum atomic E-state index is 12.5. The van der Waals surface area contributed by atoms with Gasteiger partial charge in [0.25, 0.3) is 0 Å². The van der Waals surface area contributed by atoms with Crippen LogP contribution in [0.15, 0.2) is 27.6 Å². The summed E-state index contributed by atoms with van der Waals surface area (Å²) in [5, 5.41) is 10.9. The third-order valence-corrected chi connectivity index (χ3v) is 4.87. The Balaban J connectivity index is 2.83. The van der Waals surface area contributed by atoms with Crippen LogP contribution in [0.25, 0.3) is 0 Å². The Labute approximate surface area is 104 Å². The maximum Gasteiger partial charge on any atom is 0.301 e. The van der Waals surface area contributed by atoms with Crippen LogP contribution in [0.1, 0.15) is 11.3 Å². The number of sulfone groups is 1. The van der Waals surface area contributed by atoms with Crippen molar-refractivity contribution in [2.24, 2.45) is 5.16 Å². The lowest BCUT2D eigenvalue weighted by Crippen LogP contribution is -2.06. The molecule has 0 aliphatic rings. The fourth-order valence-electron chi connectivity index (χ4n) is 0.936. The Morgan fingerprint density at radius 1 is 1.50 bits per heavy atom. The summed E-state index contributed by atoms with van der Waals surface area (Å²) in [6, 6.07) is 0. The average Bonchev–Trinajstić information content (AvgIpc) is 2.75. The second-order valence-corrected chi connectivity index (χ2v) is 6.35. The summed E-state index contributed by atoms with van der Waals surface area (Å²) in [7, 11) is -3.93. The molecule has 1 N–H and O–H groups in total. The van der Waals surface area contributed by atoms with Crippen molar-refractivity contribution in [1.29, 1.82) is 0 Å². The maximum absolute atomic E-state index is 12.5. The van der Waals surface area contributed by atoms with Crippen molar-refractivity contribution >= 4 is 27.4 Å². The summed E-state index contributed by atoms with van der Waals surface area (Å²) in [6.45, 7) is 0. The van der Waals surface area contributed by atoms with Crippen LogP contribution in [-0.2, 0) is 9.84 Å². The third kappa shape index (κ3) is 3.81. The minimum absolute atomic E-state index is 0.267. The lowest BCUT2D eigenvalue weighted by atomic mass is 10.4. The van der Waals surface area contributed by atoms with Gasteiger partial charge in [0.1, 0.15) is 0 Å². The van der Waals surface area contributed by atoms with E-state index in [0.29, 0.717) is 11.3 Å². The first-order valence-electron chi connectivity index (χ1n) is 4.42. The Morgan fingerprint density at radius 2 is 2.17 bits per heavy atom. The normalized spacial score (nSPS) is 11.9. The first kappa shape index (κ1) is 14.6. The molecule has 0 atom stereocenters. The molecule has 0 spiro atoms. The molecule has 1 rings (SSSR count). The highest BCUT2D eigenvalue weighted by Gasteiger charge is 2.20. The highest BCUT2D eigenvalue weighted by atomic mass is 32.2. The van der Waals surface area contributed by atoms with E-state index in [9.17, 15) is 21.6 Å². The molecule has 0 fully saturated rings. The fourth-order valence-corrected chi connectivity index (χ4v) is 3.33. The molecule has 100 valence electrons. The number of nitrogens with zero attached hydrogens (tertiary/aromatic N) is 2. The van der Waals surface area contributed by atoms with Crippen molar-refractivity contribution < 1.29 is 26.8 Å². The van der Waals surface area contributed by atoms with Crippen molar-refractivity contribution in [3.63, 3.8) is 0 Å². The van der Waals surface area contributed by atoms with Crippen molar-refractivity contribution in [3.8, 4) is 0 Å². The number of thiazole rings is 1. The number of aromatic nitrogens is 1. The summed E-state index contributed by atoms with van der Waals surface area (Å²) in [4.78, 5) is 3.80. The SMILES string of the molecule is O=S(=O)(CCC(F)=C(F)F)c1ncc(C=NO)s1. The Kier molecular flexibility index (Phi) is 4.84. The van der Waals surface area contributed by atoms with Crippen molar-refractivity contribution in [1.82, 2.24) is 4.98 Å². The summed E-state index contributed by atoms with van der Waals surface area (Å²) < 4.78 is 58.8. The van der Waals surface area contributed by atoms with Crippen LogP contribution < -0.4 is 0 Å². The van der Waals surface area contributed by atoms with E-state index < -0.39 is 33.9 Å². The molecular formula is C8H7F3N2O3S2. The van der Waals surface area contributed by atoms with Gasteiger partial charge in [-0.1, -0.05) is 5.16 Å².